The quantitative estimate of drug-likeness (QED) is 0.223. The van der Waals surface area contributed by atoms with E-state index in [4.69, 9.17) is 9.52 Å². The van der Waals surface area contributed by atoms with E-state index in [1.807, 2.05) is 18.2 Å². The van der Waals surface area contributed by atoms with Crippen molar-refractivity contribution in [3.05, 3.63) is 145 Å². The van der Waals surface area contributed by atoms with Gasteiger partial charge in [-0.05, 0) is 42.0 Å². The molecule has 9 aromatic rings. The second-order valence-electron chi connectivity index (χ2n) is 10.8. The van der Waals surface area contributed by atoms with Gasteiger partial charge in [0.05, 0.1) is 23.1 Å². The SMILES string of the molecule is c1ccc(-c2nn(Cc3ccc(-n4c5ccccc5c5ccc6c7ccccc7oc6c54)cc3)c3ccccc23)cc1. The van der Waals surface area contributed by atoms with E-state index in [1.165, 1.54) is 27.2 Å². The van der Waals surface area contributed by atoms with Gasteiger partial charge in [-0.25, -0.2) is 0 Å². The van der Waals surface area contributed by atoms with Crippen molar-refractivity contribution >= 4 is 54.6 Å². The van der Waals surface area contributed by atoms with Gasteiger partial charge in [-0.2, -0.15) is 5.10 Å². The van der Waals surface area contributed by atoms with Gasteiger partial charge in [-0.1, -0.05) is 103 Å². The molecule has 0 N–H and O–H groups in total. The Balaban J connectivity index is 1.18. The Kier molecular flexibility index (Phi) is 4.93. The van der Waals surface area contributed by atoms with Gasteiger partial charge in [-0.3, -0.25) is 4.68 Å². The number of para-hydroxylation sites is 3. The minimum absolute atomic E-state index is 0.689. The average Bonchev–Trinajstić information content (AvgIpc) is 3.72. The predicted molar refractivity (Wildman–Crippen MR) is 172 cm³/mol. The van der Waals surface area contributed by atoms with Crippen LogP contribution in [-0.4, -0.2) is 14.3 Å². The normalized spacial score (nSPS) is 11.9. The maximum atomic E-state index is 6.51. The molecule has 198 valence electrons. The average molecular weight is 540 g/mol. The molecule has 4 nitrogen and oxygen atoms in total. The lowest BCUT2D eigenvalue weighted by molar-refractivity contribution is 0.671. The van der Waals surface area contributed by atoms with E-state index in [9.17, 15) is 0 Å². The Morgan fingerprint density at radius 2 is 1.19 bits per heavy atom. The number of furan rings is 1. The number of aromatic nitrogens is 3. The van der Waals surface area contributed by atoms with Gasteiger partial charge in [0.15, 0.2) is 5.58 Å². The Labute approximate surface area is 241 Å². The fourth-order valence-electron chi connectivity index (χ4n) is 6.48. The van der Waals surface area contributed by atoms with Gasteiger partial charge < -0.3 is 8.98 Å². The van der Waals surface area contributed by atoms with Gasteiger partial charge in [0, 0.05) is 38.2 Å². The van der Waals surface area contributed by atoms with Crippen LogP contribution in [0.25, 0.3) is 71.6 Å². The van der Waals surface area contributed by atoms with Gasteiger partial charge >= 0.3 is 0 Å². The zero-order valence-corrected chi connectivity index (χ0v) is 22.7. The predicted octanol–water partition coefficient (Wildman–Crippen LogP) is 9.75. The topological polar surface area (TPSA) is 35.9 Å². The molecule has 6 aromatic carbocycles. The third-order valence-corrected chi connectivity index (χ3v) is 8.41. The molecular weight excluding hydrogens is 514 g/mol. The minimum Gasteiger partial charge on any atom is -0.454 e. The standard InChI is InChI=1S/C38H25N3O/c1-2-10-26(11-3-1)36-32-14-5-7-15-33(32)40(39-36)24-25-18-20-27(21-19-25)41-34-16-8-4-12-28(34)30-22-23-31-29-13-6-9-17-35(29)42-38(31)37(30)41/h1-23H,24H2. The zero-order valence-electron chi connectivity index (χ0n) is 22.7. The summed E-state index contributed by atoms with van der Waals surface area (Å²) < 4.78 is 11.0. The van der Waals surface area contributed by atoms with Gasteiger partial charge in [0.1, 0.15) is 11.3 Å². The number of hydrogen-bond acceptors (Lipinski definition) is 2. The van der Waals surface area contributed by atoms with Crippen LogP contribution in [0.4, 0.5) is 0 Å². The molecule has 0 aliphatic rings. The van der Waals surface area contributed by atoms with Gasteiger partial charge in [-0.15, -0.1) is 0 Å². The van der Waals surface area contributed by atoms with Crippen LogP contribution in [-0.2, 0) is 6.54 Å². The van der Waals surface area contributed by atoms with Crippen LogP contribution in [0.15, 0.2) is 144 Å². The van der Waals surface area contributed by atoms with Crippen molar-refractivity contribution in [2.75, 3.05) is 0 Å². The molecule has 3 aromatic heterocycles. The minimum atomic E-state index is 0.689. The van der Waals surface area contributed by atoms with Crippen LogP contribution in [0, 0.1) is 0 Å². The number of nitrogens with zero attached hydrogens (tertiary/aromatic N) is 3. The molecule has 42 heavy (non-hydrogen) atoms. The summed E-state index contributed by atoms with van der Waals surface area (Å²) in [4.78, 5) is 0. The van der Waals surface area contributed by atoms with Crippen molar-refractivity contribution in [3.8, 4) is 16.9 Å². The Morgan fingerprint density at radius 3 is 2.02 bits per heavy atom. The van der Waals surface area contributed by atoms with Crippen LogP contribution in [0.5, 0.6) is 0 Å². The molecule has 0 spiro atoms. The summed E-state index contributed by atoms with van der Waals surface area (Å²) >= 11 is 0. The van der Waals surface area contributed by atoms with Crippen molar-refractivity contribution in [2.24, 2.45) is 0 Å². The number of fused-ring (bicyclic) bond motifs is 8. The zero-order chi connectivity index (χ0) is 27.6. The van der Waals surface area contributed by atoms with E-state index in [0.29, 0.717) is 6.54 Å². The van der Waals surface area contributed by atoms with E-state index < -0.39 is 0 Å². The summed E-state index contributed by atoms with van der Waals surface area (Å²) in [5.41, 5.74) is 9.68. The second kappa shape index (κ2) is 8.95. The molecule has 4 heteroatoms. The Hall–Kier alpha value is -5.61. The molecule has 0 fully saturated rings. The molecular formula is C38H25N3O. The van der Waals surface area contributed by atoms with E-state index >= 15 is 0 Å². The maximum Gasteiger partial charge on any atom is 0.160 e. The largest absolute Gasteiger partial charge is 0.454 e. The van der Waals surface area contributed by atoms with Crippen LogP contribution < -0.4 is 0 Å². The highest BCUT2D eigenvalue weighted by molar-refractivity contribution is 6.21. The highest BCUT2D eigenvalue weighted by Crippen LogP contribution is 2.40. The van der Waals surface area contributed by atoms with E-state index in [-0.39, 0.29) is 0 Å². The summed E-state index contributed by atoms with van der Waals surface area (Å²) in [6.45, 7) is 0.689. The number of rotatable bonds is 4. The smallest absolute Gasteiger partial charge is 0.160 e. The van der Waals surface area contributed by atoms with E-state index in [2.05, 4.69) is 131 Å². The molecule has 0 saturated carbocycles. The molecule has 0 amide bonds. The molecule has 0 aliphatic heterocycles. The lowest BCUT2D eigenvalue weighted by Gasteiger charge is -2.10. The number of hydrogen-bond donors (Lipinski definition) is 0. The fourth-order valence-corrected chi connectivity index (χ4v) is 6.48. The summed E-state index contributed by atoms with van der Waals surface area (Å²) in [6, 6.07) is 49.1. The van der Waals surface area contributed by atoms with Crippen molar-refractivity contribution < 1.29 is 4.42 Å². The monoisotopic (exact) mass is 539 g/mol. The lowest BCUT2D eigenvalue weighted by atomic mass is 10.1. The highest BCUT2D eigenvalue weighted by atomic mass is 16.3. The van der Waals surface area contributed by atoms with Crippen LogP contribution in [0.2, 0.25) is 0 Å². The maximum absolute atomic E-state index is 6.51. The first kappa shape index (κ1) is 23.1. The first-order valence-electron chi connectivity index (χ1n) is 14.3. The molecule has 9 rings (SSSR count). The fraction of sp³-hybridized carbons (Fsp3) is 0.0263. The third-order valence-electron chi connectivity index (χ3n) is 8.41. The number of benzene rings is 6. The van der Waals surface area contributed by atoms with Crippen molar-refractivity contribution in [3.63, 3.8) is 0 Å². The Morgan fingerprint density at radius 1 is 0.524 bits per heavy atom. The Bertz CT molecular complexity index is 2430. The lowest BCUT2D eigenvalue weighted by Crippen LogP contribution is -2.02. The van der Waals surface area contributed by atoms with E-state index in [1.54, 1.807) is 0 Å². The highest BCUT2D eigenvalue weighted by Gasteiger charge is 2.19. The summed E-state index contributed by atoms with van der Waals surface area (Å²) in [5, 5.41) is 10.9. The summed E-state index contributed by atoms with van der Waals surface area (Å²) in [7, 11) is 0. The molecule has 0 saturated heterocycles. The molecule has 0 radical (unpaired) electrons. The van der Waals surface area contributed by atoms with E-state index in [0.717, 1.165) is 49.9 Å². The summed E-state index contributed by atoms with van der Waals surface area (Å²) in [5.74, 6) is 0. The first-order valence-corrected chi connectivity index (χ1v) is 14.3. The first-order chi connectivity index (χ1) is 20.8. The molecule has 0 atom stereocenters. The van der Waals surface area contributed by atoms with Crippen LogP contribution in [0.3, 0.4) is 0 Å². The molecule has 3 heterocycles. The summed E-state index contributed by atoms with van der Waals surface area (Å²) in [6.07, 6.45) is 0. The van der Waals surface area contributed by atoms with Gasteiger partial charge in [0.2, 0.25) is 0 Å². The third kappa shape index (κ3) is 3.39. The molecule has 0 bridgehead atoms. The molecule has 0 aliphatic carbocycles. The molecule has 0 unspecified atom stereocenters. The van der Waals surface area contributed by atoms with Gasteiger partial charge in [0.25, 0.3) is 0 Å². The second-order valence-corrected chi connectivity index (χ2v) is 10.8. The van der Waals surface area contributed by atoms with Crippen molar-refractivity contribution in [1.29, 1.82) is 0 Å². The van der Waals surface area contributed by atoms with Crippen LogP contribution >= 0.6 is 0 Å². The van der Waals surface area contributed by atoms with Crippen LogP contribution in [0.1, 0.15) is 5.56 Å². The van der Waals surface area contributed by atoms with Crippen molar-refractivity contribution in [2.45, 2.75) is 6.54 Å². The van der Waals surface area contributed by atoms with Crippen molar-refractivity contribution in [1.82, 2.24) is 14.3 Å².